The summed E-state index contributed by atoms with van der Waals surface area (Å²) < 4.78 is 14.8. The highest BCUT2D eigenvalue weighted by Crippen LogP contribution is 2.27. The summed E-state index contributed by atoms with van der Waals surface area (Å²) >= 11 is 1.25. The number of thiophene rings is 1. The van der Waals surface area contributed by atoms with Gasteiger partial charge in [-0.05, 0) is 30.3 Å². The highest BCUT2D eigenvalue weighted by molar-refractivity contribution is 7.25. The third kappa shape index (κ3) is 2.87. The Balaban J connectivity index is 1.65. The van der Waals surface area contributed by atoms with E-state index >= 15 is 0 Å². The predicted octanol–water partition coefficient (Wildman–Crippen LogP) is 2.78. The predicted molar refractivity (Wildman–Crippen MR) is 94.2 cm³/mol. The zero-order chi connectivity index (χ0) is 17.4. The molecule has 8 heteroatoms. The van der Waals surface area contributed by atoms with E-state index in [2.05, 4.69) is 15.3 Å². The summed E-state index contributed by atoms with van der Waals surface area (Å²) in [5.41, 5.74) is 0.612. The number of aromatic nitrogens is 3. The molecule has 1 aromatic carbocycles. The van der Waals surface area contributed by atoms with E-state index in [0.29, 0.717) is 15.9 Å². The molecule has 0 radical (unpaired) electrons. The second-order valence-electron chi connectivity index (χ2n) is 5.37. The van der Waals surface area contributed by atoms with Gasteiger partial charge < -0.3 is 5.32 Å². The first kappa shape index (κ1) is 15.4. The van der Waals surface area contributed by atoms with Crippen molar-refractivity contribution < 1.29 is 9.18 Å². The Kier molecular flexibility index (Phi) is 3.73. The molecule has 0 saturated heterocycles. The summed E-state index contributed by atoms with van der Waals surface area (Å²) in [5.74, 6) is -0.885. The van der Waals surface area contributed by atoms with Crippen molar-refractivity contribution in [2.24, 2.45) is 0 Å². The number of fused-ring (bicyclic) bond motifs is 3. The van der Waals surface area contributed by atoms with E-state index in [-0.39, 0.29) is 12.1 Å². The van der Waals surface area contributed by atoms with Crippen LogP contribution < -0.4 is 10.9 Å². The van der Waals surface area contributed by atoms with Gasteiger partial charge in [0.2, 0.25) is 5.91 Å². The molecule has 0 aliphatic carbocycles. The fourth-order valence-electron chi connectivity index (χ4n) is 2.54. The Morgan fingerprint density at radius 2 is 2.12 bits per heavy atom. The van der Waals surface area contributed by atoms with Crippen LogP contribution in [0.15, 0.2) is 53.7 Å². The first-order valence-corrected chi connectivity index (χ1v) is 8.21. The molecule has 25 heavy (non-hydrogen) atoms. The van der Waals surface area contributed by atoms with Crippen LogP contribution in [0.3, 0.4) is 0 Å². The molecule has 0 saturated carbocycles. The normalized spacial score (nSPS) is 11.1. The van der Waals surface area contributed by atoms with Crippen LogP contribution in [0.4, 0.5) is 10.1 Å². The standard InChI is InChI=1S/C17H11FN4O2S/c18-10-3-1-4-11(7-10)21-13(23)8-22-9-20-14-12-5-2-6-19-16(12)25-15(14)17(22)24/h1-7,9H,8H2,(H,21,23). The van der Waals surface area contributed by atoms with Crippen LogP contribution in [-0.2, 0) is 11.3 Å². The highest BCUT2D eigenvalue weighted by atomic mass is 32.1. The monoisotopic (exact) mass is 354 g/mol. The number of hydrogen-bond donors (Lipinski definition) is 1. The third-order valence-electron chi connectivity index (χ3n) is 3.64. The van der Waals surface area contributed by atoms with Gasteiger partial charge in [-0.25, -0.2) is 14.4 Å². The van der Waals surface area contributed by atoms with Gasteiger partial charge in [-0.15, -0.1) is 11.3 Å². The van der Waals surface area contributed by atoms with Gasteiger partial charge in [0, 0.05) is 17.3 Å². The minimum atomic E-state index is -0.448. The SMILES string of the molecule is O=C(Cn1cnc2c(sc3ncccc32)c1=O)Nc1cccc(F)c1. The molecule has 0 aliphatic heterocycles. The second-order valence-corrected chi connectivity index (χ2v) is 6.37. The molecular formula is C17H11FN4O2S. The minimum absolute atomic E-state index is 0.208. The van der Waals surface area contributed by atoms with Crippen LogP contribution in [0.2, 0.25) is 0 Å². The molecule has 0 aliphatic rings. The lowest BCUT2D eigenvalue weighted by atomic mass is 10.3. The van der Waals surface area contributed by atoms with Gasteiger partial charge in [-0.3, -0.25) is 14.2 Å². The Bertz CT molecular complexity index is 1170. The molecule has 3 heterocycles. The van der Waals surface area contributed by atoms with Crippen LogP contribution in [0.5, 0.6) is 0 Å². The molecular weight excluding hydrogens is 343 g/mol. The molecule has 0 bridgehead atoms. The van der Waals surface area contributed by atoms with E-state index < -0.39 is 11.7 Å². The summed E-state index contributed by atoms with van der Waals surface area (Å²) in [6, 6.07) is 9.20. The van der Waals surface area contributed by atoms with Crippen molar-refractivity contribution in [1.82, 2.24) is 14.5 Å². The third-order valence-corrected chi connectivity index (χ3v) is 4.73. The average Bonchev–Trinajstić information content (AvgIpc) is 2.97. The maximum atomic E-state index is 13.2. The Labute approximate surface area is 144 Å². The van der Waals surface area contributed by atoms with Gasteiger partial charge in [0.15, 0.2) is 0 Å². The first-order valence-electron chi connectivity index (χ1n) is 7.40. The number of hydrogen-bond acceptors (Lipinski definition) is 5. The highest BCUT2D eigenvalue weighted by Gasteiger charge is 2.13. The van der Waals surface area contributed by atoms with Gasteiger partial charge in [0.05, 0.1) is 11.8 Å². The number of nitrogens with zero attached hydrogens (tertiary/aromatic N) is 3. The van der Waals surface area contributed by atoms with Crippen molar-refractivity contribution in [3.05, 3.63) is 65.1 Å². The molecule has 4 aromatic rings. The fourth-order valence-corrected chi connectivity index (χ4v) is 3.58. The Morgan fingerprint density at radius 1 is 1.24 bits per heavy atom. The summed E-state index contributed by atoms with van der Waals surface area (Å²) in [7, 11) is 0. The van der Waals surface area contributed by atoms with Gasteiger partial charge in [-0.2, -0.15) is 0 Å². The summed E-state index contributed by atoms with van der Waals surface area (Å²) in [6.45, 7) is -0.208. The van der Waals surface area contributed by atoms with Gasteiger partial charge in [-0.1, -0.05) is 6.07 Å². The number of rotatable bonds is 3. The molecule has 3 aromatic heterocycles. The lowest BCUT2D eigenvalue weighted by Gasteiger charge is -2.07. The zero-order valence-corrected chi connectivity index (χ0v) is 13.6. The number of pyridine rings is 1. The average molecular weight is 354 g/mol. The summed E-state index contributed by atoms with van der Waals surface area (Å²) in [4.78, 5) is 34.0. The lowest BCUT2D eigenvalue weighted by molar-refractivity contribution is -0.116. The topological polar surface area (TPSA) is 76.9 Å². The van der Waals surface area contributed by atoms with Crippen LogP contribution in [0.25, 0.3) is 20.4 Å². The van der Waals surface area contributed by atoms with E-state index in [0.717, 1.165) is 10.2 Å². The van der Waals surface area contributed by atoms with Crippen molar-refractivity contribution in [3.8, 4) is 0 Å². The number of halogens is 1. The van der Waals surface area contributed by atoms with E-state index in [9.17, 15) is 14.0 Å². The number of nitrogens with one attached hydrogen (secondary N) is 1. The quantitative estimate of drug-likeness (QED) is 0.614. The number of benzene rings is 1. The molecule has 0 unspecified atom stereocenters. The van der Waals surface area contributed by atoms with Crippen molar-refractivity contribution >= 4 is 43.4 Å². The molecule has 1 amide bonds. The maximum Gasteiger partial charge on any atom is 0.271 e. The van der Waals surface area contributed by atoms with Crippen molar-refractivity contribution in [1.29, 1.82) is 0 Å². The number of carbonyl (C=O) groups is 1. The van der Waals surface area contributed by atoms with Crippen LogP contribution >= 0.6 is 11.3 Å². The number of carbonyl (C=O) groups excluding carboxylic acids is 1. The van der Waals surface area contributed by atoms with Crippen LogP contribution in [-0.4, -0.2) is 20.4 Å². The lowest BCUT2D eigenvalue weighted by Crippen LogP contribution is -2.27. The van der Waals surface area contributed by atoms with Crippen LogP contribution in [0.1, 0.15) is 0 Å². The van der Waals surface area contributed by atoms with Crippen LogP contribution in [0, 0.1) is 5.82 Å². The minimum Gasteiger partial charge on any atom is -0.324 e. The summed E-state index contributed by atoms with van der Waals surface area (Å²) in [6.07, 6.45) is 3.00. The maximum absolute atomic E-state index is 13.2. The molecule has 6 nitrogen and oxygen atoms in total. The molecule has 0 atom stereocenters. The molecule has 1 N–H and O–H groups in total. The molecule has 4 rings (SSSR count). The number of amides is 1. The largest absolute Gasteiger partial charge is 0.324 e. The van der Waals surface area contributed by atoms with Crippen molar-refractivity contribution in [3.63, 3.8) is 0 Å². The second kappa shape index (κ2) is 6.06. The van der Waals surface area contributed by atoms with Crippen molar-refractivity contribution in [2.45, 2.75) is 6.54 Å². The van der Waals surface area contributed by atoms with E-state index in [4.69, 9.17) is 0 Å². The molecule has 124 valence electrons. The van der Waals surface area contributed by atoms with Gasteiger partial charge in [0.1, 0.15) is 21.9 Å². The molecule has 0 fully saturated rings. The Morgan fingerprint density at radius 3 is 2.96 bits per heavy atom. The fraction of sp³-hybridized carbons (Fsp3) is 0.0588. The van der Waals surface area contributed by atoms with Gasteiger partial charge in [0.25, 0.3) is 5.56 Å². The van der Waals surface area contributed by atoms with E-state index in [1.165, 1.54) is 40.4 Å². The van der Waals surface area contributed by atoms with Gasteiger partial charge >= 0.3 is 0 Å². The molecule has 0 spiro atoms. The Hall–Kier alpha value is -3.13. The smallest absolute Gasteiger partial charge is 0.271 e. The zero-order valence-electron chi connectivity index (χ0n) is 12.8. The van der Waals surface area contributed by atoms with Crippen molar-refractivity contribution in [2.75, 3.05) is 5.32 Å². The first-order chi connectivity index (χ1) is 12.1. The van der Waals surface area contributed by atoms with E-state index in [1.54, 1.807) is 18.3 Å². The summed E-state index contributed by atoms with van der Waals surface area (Å²) in [5, 5.41) is 3.37. The van der Waals surface area contributed by atoms with E-state index in [1.807, 2.05) is 6.07 Å². The number of anilines is 1.